The summed E-state index contributed by atoms with van der Waals surface area (Å²) in [5, 5.41) is 3.79. The predicted molar refractivity (Wildman–Crippen MR) is 86.5 cm³/mol. The molecule has 1 atom stereocenters. The molecule has 1 aromatic carbocycles. The zero-order chi connectivity index (χ0) is 13.7. The summed E-state index contributed by atoms with van der Waals surface area (Å²) in [6, 6.07) is 7.32. The summed E-state index contributed by atoms with van der Waals surface area (Å²) >= 11 is 3.77. The van der Waals surface area contributed by atoms with Crippen LogP contribution in [0, 0.1) is 12.8 Å². The molecule has 0 saturated heterocycles. The van der Waals surface area contributed by atoms with Crippen molar-refractivity contribution in [2.24, 2.45) is 5.92 Å². The fourth-order valence-electron chi connectivity index (χ4n) is 3.18. The number of rotatable bonds is 5. The van der Waals surface area contributed by atoms with Crippen molar-refractivity contribution in [3.63, 3.8) is 0 Å². The first-order chi connectivity index (χ1) is 9.22. The van der Waals surface area contributed by atoms with Gasteiger partial charge in [-0.1, -0.05) is 54.2 Å². The molecule has 0 radical (unpaired) electrons. The molecule has 0 amide bonds. The summed E-state index contributed by atoms with van der Waals surface area (Å²) in [4.78, 5) is 0. The zero-order valence-electron chi connectivity index (χ0n) is 12.2. The van der Waals surface area contributed by atoms with E-state index in [2.05, 4.69) is 53.3 Å². The Bertz CT molecular complexity index is 396. The van der Waals surface area contributed by atoms with Crippen molar-refractivity contribution in [1.82, 2.24) is 5.32 Å². The lowest BCUT2D eigenvalue weighted by Gasteiger charge is -2.32. The summed E-state index contributed by atoms with van der Waals surface area (Å²) in [7, 11) is 0. The van der Waals surface area contributed by atoms with Crippen LogP contribution in [0.15, 0.2) is 22.7 Å². The van der Waals surface area contributed by atoms with Gasteiger partial charge < -0.3 is 5.32 Å². The lowest BCUT2D eigenvalue weighted by Crippen LogP contribution is -2.30. The Balaban J connectivity index is 2.19. The average Bonchev–Trinajstić information content (AvgIpc) is 2.42. The van der Waals surface area contributed by atoms with Gasteiger partial charge >= 0.3 is 0 Å². The SMILES string of the molecule is CCCNC(c1ccc(C)cc1Br)C1CCCCC1. The van der Waals surface area contributed by atoms with E-state index in [1.54, 1.807) is 0 Å². The molecular formula is C17H26BrN. The molecule has 1 nitrogen and oxygen atoms in total. The minimum atomic E-state index is 0.523. The monoisotopic (exact) mass is 323 g/mol. The van der Waals surface area contributed by atoms with Gasteiger partial charge in [-0.3, -0.25) is 0 Å². The maximum Gasteiger partial charge on any atom is 0.0359 e. The van der Waals surface area contributed by atoms with Gasteiger partial charge in [0.25, 0.3) is 0 Å². The highest BCUT2D eigenvalue weighted by Gasteiger charge is 2.25. The largest absolute Gasteiger partial charge is 0.310 e. The molecule has 2 rings (SSSR count). The molecular weight excluding hydrogens is 298 g/mol. The van der Waals surface area contributed by atoms with Crippen LogP contribution >= 0.6 is 15.9 Å². The van der Waals surface area contributed by atoms with Crippen LogP contribution in [0.2, 0.25) is 0 Å². The molecule has 1 N–H and O–H groups in total. The van der Waals surface area contributed by atoms with Crippen LogP contribution in [0.1, 0.15) is 62.6 Å². The lowest BCUT2D eigenvalue weighted by atomic mass is 9.81. The molecule has 0 spiro atoms. The number of benzene rings is 1. The Morgan fingerprint density at radius 1 is 1.26 bits per heavy atom. The first-order valence-corrected chi connectivity index (χ1v) is 8.51. The molecule has 0 heterocycles. The molecule has 0 aliphatic heterocycles. The van der Waals surface area contributed by atoms with Crippen molar-refractivity contribution in [3.8, 4) is 0 Å². The van der Waals surface area contributed by atoms with Crippen LogP contribution < -0.4 is 5.32 Å². The molecule has 1 fully saturated rings. The fraction of sp³-hybridized carbons (Fsp3) is 0.647. The van der Waals surface area contributed by atoms with Crippen molar-refractivity contribution < 1.29 is 0 Å². The Morgan fingerprint density at radius 2 is 2.00 bits per heavy atom. The van der Waals surface area contributed by atoms with Crippen LogP contribution in [-0.4, -0.2) is 6.54 Å². The summed E-state index contributed by atoms with van der Waals surface area (Å²) in [6.45, 7) is 5.51. The Labute approximate surface area is 126 Å². The topological polar surface area (TPSA) is 12.0 Å². The number of hydrogen-bond acceptors (Lipinski definition) is 1. The van der Waals surface area contributed by atoms with E-state index in [4.69, 9.17) is 0 Å². The van der Waals surface area contributed by atoms with Gasteiger partial charge in [0, 0.05) is 10.5 Å². The van der Waals surface area contributed by atoms with Crippen LogP contribution in [0.25, 0.3) is 0 Å². The number of aryl methyl sites for hydroxylation is 1. The van der Waals surface area contributed by atoms with Gasteiger partial charge in [-0.15, -0.1) is 0 Å². The van der Waals surface area contributed by atoms with Crippen molar-refractivity contribution in [2.45, 2.75) is 58.4 Å². The molecule has 1 saturated carbocycles. The van der Waals surface area contributed by atoms with Gasteiger partial charge in [-0.05, 0) is 55.8 Å². The van der Waals surface area contributed by atoms with Crippen LogP contribution in [-0.2, 0) is 0 Å². The smallest absolute Gasteiger partial charge is 0.0359 e. The quantitative estimate of drug-likeness (QED) is 0.767. The fourth-order valence-corrected chi connectivity index (χ4v) is 3.92. The molecule has 2 heteroatoms. The second kappa shape index (κ2) is 7.44. The van der Waals surface area contributed by atoms with Gasteiger partial charge in [0.05, 0.1) is 0 Å². The standard InChI is InChI=1S/C17H26BrN/c1-3-11-19-17(14-7-5-4-6-8-14)15-10-9-13(2)12-16(15)18/h9-10,12,14,17,19H,3-8,11H2,1-2H3. The highest BCUT2D eigenvalue weighted by molar-refractivity contribution is 9.10. The Kier molecular flexibility index (Phi) is 5.90. The van der Waals surface area contributed by atoms with E-state index < -0.39 is 0 Å². The molecule has 1 aliphatic rings. The van der Waals surface area contributed by atoms with Crippen LogP contribution in [0.3, 0.4) is 0 Å². The molecule has 19 heavy (non-hydrogen) atoms. The van der Waals surface area contributed by atoms with Crippen molar-refractivity contribution >= 4 is 15.9 Å². The van der Waals surface area contributed by atoms with Gasteiger partial charge in [-0.2, -0.15) is 0 Å². The van der Waals surface area contributed by atoms with Crippen molar-refractivity contribution in [3.05, 3.63) is 33.8 Å². The van der Waals surface area contributed by atoms with Gasteiger partial charge in [-0.25, -0.2) is 0 Å². The zero-order valence-corrected chi connectivity index (χ0v) is 13.8. The highest BCUT2D eigenvalue weighted by atomic mass is 79.9. The minimum absolute atomic E-state index is 0.523. The summed E-state index contributed by atoms with van der Waals surface area (Å²) < 4.78 is 1.27. The number of hydrogen-bond donors (Lipinski definition) is 1. The second-order valence-corrected chi connectivity index (χ2v) is 6.71. The highest BCUT2D eigenvalue weighted by Crippen LogP contribution is 2.37. The third-order valence-electron chi connectivity index (χ3n) is 4.23. The van der Waals surface area contributed by atoms with Gasteiger partial charge in [0.15, 0.2) is 0 Å². The molecule has 0 aromatic heterocycles. The van der Waals surface area contributed by atoms with Crippen molar-refractivity contribution in [1.29, 1.82) is 0 Å². The molecule has 1 aliphatic carbocycles. The second-order valence-electron chi connectivity index (χ2n) is 5.85. The lowest BCUT2D eigenvalue weighted by molar-refractivity contribution is 0.271. The molecule has 106 valence electrons. The predicted octanol–water partition coefficient (Wildman–Crippen LogP) is 5.38. The maximum absolute atomic E-state index is 3.79. The normalized spacial score (nSPS) is 18.5. The van der Waals surface area contributed by atoms with E-state index in [1.807, 2.05) is 0 Å². The Morgan fingerprint density at radius 3 is 2.63 bits per heavy atom. The summed E-state index contributed by atoms with van der Waals surface area (Å²) in [5.41, 5.74) is 2.78. The number of nitrogens with one attached hydrogen (secondary N) is 1. The van der Waals surface area contributed by atoms with E-state index in [-0.39, 0.29) is 0 Å². The first-order valence-electron chi connectivity index (χ1n) is 7.71. The summed E-state index contributed by atoms with van der Waals surface area (Å²) in [6.07, 6.45) is 8.18. The van der Waals surface area contributed by atoms with E-state index in [9.17, 15) is 0 Å². The van der Waals surface area contributed by atoms with Gasteiger partial charge in [0.2, 0.25) is 0 Å². The van der Waals surface area contributed by atoms with Gasteiger partial charge in [0.1, 0.15) is 0 Å². The van der Waals surface area contributed by atoms with E-state index in [1.165, 1.54) is 54.1 Å². The maximum atomic E-state index is 3.79. The van der Waals surface area contributed by atoms with E-state index in [0.29, 0.717) is 6.04 Å². The third-order valence-corrected chi connectivity index (χ3v) is 4.91. The van der Waals surface area contributed by atoms with Crippen LogP contribution in [0.4, 0.5) is 0 Å². The van der Waals surface area contributed by atoms with Crippen molar-refractivity contribution in [2.75, 3.05) is 6.54 Å². The average molecular weight is 324 g/mol. The minimum Gasteiger partial charge on any atom is -0.310 e. The Hall–Kier alpha value is -0.340. The molecule has 1 unspecified atom stereocenters. The van der Waals surface area contributed by atoms with Crippen LogP contribution in [0.5, 0.6) is 0 Å². The summed E-state index contributed by atoms with van der Waals surface area (Å²) in [5.74, 6) is 0.805. The number of halogens is 1. The molecule has 1 aromatic rings. The molecule has 0 bridgehead atoms. The third kappa shape index (κ3) is 4.06. The van der Waals surface area contributed by atoms with E-state index >= 15 is 0 Å². The van der Waals surface area contributed by atoms with E-state index in [0.717, 1.165) is 12.5 Å². The first kappa shape index (κ1) is 15.1.